The molecule has 0 saturated carbocycles. The van der Waals surface area contributed by atoms with Gasteiger partial charge in [-0.3, -0.25) is 32.0 Å². The van der Waals surface area contributed by atoms with Gasteiger partial charge in [-0.2, -0.15) is 0 Å². The average molecular weight is 694 g/mol. The number of alkyl halides is 1. The van der Waals surface area contributed by atoms with Crippen LogP contribution in [0.3, 0.4) is 0 Å². The van der Waals surface area contributed by atoms with E-state index in [1.807, 2.05) is 0 Å². The minimum Gasteiger partial charge on any atom is -0.385 e. The van der Waals surface area contributed by atoms with Crippen LogP contribution in [0.15, 0.2) is 30.1 Å². The zero-order valence-corrected chi connectivity index (χ0v) is 25.6. The van der Waals surface area contributed by atoms with E-state index < -0.39 is 75.0 Å². The van der Waals surface area contributed by atoms with Crippen LogP contribution >= 0.6 is 25.8 Å². The molecule has 10 atom stereocenters. The van der Waals surface area contributed by atoms with Gasteiger partial charge in [-0.25, -0.2) is 33.9 Å². The van der Waals surface area contributed by atoms with Gasteiger partial charge in [-0.15, -0.1) is 0 Å². The maximum Gasteiger partial charge on any atom is 0.386 e. The molecular formula is C20H22FN9O10P2S2. The van der Waals surface area contributed by atoms with Gasteiger partial charge in [-0.05, 0) is 11.8 Å². The second kappa shape index (κ2) is 10.8. The molecule has 3 aliphatic rings. The SMILES string of the molecule is Cn1cnc2c(ncn2[C@@H]2O[C@@H]3OP(O)(=S)O[C@H]4[C@@H](F)[C@H](n5cnc6c(N)ncnc65)O[C@@H]4COP(=O)(S)O[C@@H]2[C@@H]3O)c1=O. The highest BCUT2D eigenvalue weighted by Crippen LogP contribution is 2.59. The maximum atomic E-state index is 16.0. The van der Waals surface area contributed by atoms with Gasteiger partial charge in [0.1, 0.15) is 36.3 Å². The number of rotatable bonds is 2. The number of aryl methyl sites for hydroxylation is 1. The van der Waals surface area contributed by atoms with E-state index in [1.165, 1.54) is 39.7 Å². The van der Waals surface area contributed by atoms with Crippen LogP contribution in [0.4, 0.5) is 10.2 Å². The normalized spacial score (nSPS) is 38.0. The van der Waals surface area contributed by atoms with Crippen LogP contribution in [0.25, 0.3) is 22.3 Å². The molecule has 2 unspecified atom stereocenters. The monoisotopic (exact) mass is 693 g/mol. The van der Waals surface area contributed by atoms with Gasteiger partial charge in [-0.1, -0.05) is 12.2 Å². The minimum atomic E-state index is -4.42. The first-order chi connectivity index (χ1) is 20.8. The van der Waals surface area contributed by atoms with Crippen molar-refractivity contribution in [3.63, 3.8) is 0 Å². The summed E-state index contributed by atoms with van der Waals surface area (Å²) in [6.45, 7) is -9.44. The Bertz CT molecular complexity index is 1930. The van der Waals surface area contributed by atoms with Crippen LogP contribution in [0.2, 0.25) is 0 Å². The Kier molecular flexibility index (Phi) is 7.43. The molecule has 0 spiro atoms. The number of halogens is 1. The molecule has 2 bridgehead atoms. The standard InChI is InChI=1S/C20H22FN9O10P2S2/c1-28-4-27-16-10(17(28)32)26-6-30(16)19-13-11(31)20(37-19)40-42(34,44)38-12-7(2-35-41(33,43)39-13)36-18(8(12)21)29-5-25-9-14(22)23-3-24-15(9)29/h3-8,11-13,18-20,31H,2H2,1H3,(H,33,43)(H,34,44)(H2,22,23,24)/t7-,8-,11+,12-,13-,18-,19-,20-,41?,42?/m1/s1. The molecule has 0 amide bonds. The third kappa shape index (κ3) is 5.08. The van der Waals surface area contributed by atoms with Crippen molar-refractivity contribution in [2.24, 2.45) is 7.05 Å². The molecule has 7 rings (SSSR count). The average Bonchev–Trinajstić information content (AvgIpc) is 3.72. The van der Waals surface area contributed by atoms with Crippen molar-refractivity contribution in [3.05, 3.63) is 35.7 Å². The van der Waals surface area contributed by atoms with E-state index in [4.69, 9.17) is 45.1 Å². The van der Waals surface area contributed by atoms with E-state index in [-0.39, 0.29) is 28.1 Å². The summed E-state index contributed by atoms with van der Waals surface area (Å²) in [4.78, 5) is 43.8. The van der Waals surface area contributed by atoms with Crippen molar-refractivity contribution in [1.29, 1.82) is 0 Å². The summed E-state index contributed by atoms with van der Waals surface area (Å²) < 4.78 is 66.9. The van der Waals surface area contributed by atoms with Crippen molar-refractivity contribution in [2.45, 2.75) is 49.3 Å². The van der Waals surface area contributed by atoms with Crippen LogP contribution in [-0.2, 0) is 51.0 Å². The number of nitrogen functional groups attached to an aromatic ring is 1. The van der Waals surface area contributed by atoms with Gasteiger partial charge >= 0.3 is 13.5 Å². The minimum absolute atomic E-state index is 0.0340. The van der Waals surface area contributed by atoms with Crippen molar-refractivity contribution in [1.82, 2.24) is 38.6 Å². The zero-order chi connectivity index (χ0) is 31.1. The number of ether oxygens (including phenoxy) is 2. The number of aliphatic hydroxyl groups is 1. The molecule has 0 aliphatic carbocycles. The fourth-order valence-electron chi connectivity index (χ4n) is 5.12. The zero-order valence-electron chi connectivity index (χ0n) is 22.1. The Morgan fingerprint density at radius 2 is 1.73 bits per heavy atom. The molecule has 7 heterocycles. The summed E-state index contributed by atoms with van der Waals surface area (Å²) in [5, 5.41) is 11.1. The summed E-state index contributed by atoms with van der Waals surface area (Å²) in [5.74, 6) is 0.0505. The summed E-state index contributed by atoms with van der Waals surface area (Å²) >= 11 is 9.20. The van der Waals surface area contributed by atoms with Crippen LogP contribution in [0, 0.1) is 0 Å². The van der Waals surface area contributed by atoms with E-state index in [1.54, 1.807) is 0 Å². The van der Waals surface area contributed by atoms with E-state index in [0.29, 0.717) is 0 Å². The highest BCUT2D eigenvalue weighted by Gasteiger charge is 2.55. The second-order valence-corrected chi connectivity index (χ2v) is 15.6. The summed E-state index contributed by atoms with van der Waals surface area (Å²) in [6.07, 6.45) is -8.14. The molecule has 4 aromatic rings. The molecule has 0 radical (unpaired) electrons. The lowest BCUT2D eigenvalue weighted by Gasteiger charge is -2.29. The number of anilines is 1. The number of nitrogens with zero attached hydrogens (tertiary/aromatic N) is 8. The Morgan fingerprint density at radius 1 is 1.02 bits per heavy atom. The number of aromatic nitrogens is 8. The molecule has 24 heteroatoms. The lowest BCUT2D eigenvalue weighted by molar-refractivity contribution is -0.133. The Morgan fingerprint density at radius 3 is 2.50 bits per heavy atom. The van der Waals surface area contributed by atoms with Gasteiger partial charge in [0, 0.05) is 7.05 Å². The highest BCUT2D eigenvalue weighted by molar-refractivity contribution is 8.44. The topological polar surface area (TPSA) is 235 Å². The molecule has 19 nitrogen and oxygen atoms in total. The van der Waals surface area contributed by atoms with E-state index >= 15 is 4.39 Å². The molecule has 44 heavy (non-hydrogen) atoms. The van der Waals surface area contributed by atoms with Crippen LogP contribution in [0.1, 0.15) is 12.5 Å². The number of nitrogens with two attached hydrogens (primary N) is 1. The first kappa shape index (κ1) is 30.2. The fraction of sp³-hybridized carbons (Fsp3) is 0.500. The van der Waals surface area contributed by atoms with Crippen LogP contribution in [-0.4, -0.2) is 92.1 Å². The van der Waals surface area contributed by atoms with Crippen molar-refractivity contribution < 1.29 is 46.5 Å². The molecule has 0 aromatic carbocycles. The Hall–Kier alpha value is -2.46. The van der Waals surface area contributed by atoms with Crippen LogP contribution < -0.4 is 11.3 Å². The van der Waals surface area contributed by atoms with Crippen molar-refractivity contribution >= 4 is 65.7 Å². The van der Waals surface area contributed by atoms with Gasteiger partial charge in [0.15, 0.2) is 47.5 Å². The maximum absolute atomic E-state index is 16.0. The third-order valence-electron chi connectivity index (χ3n) is 7.17. The van der Waals surface area contributed by atoms with E-state index in [0.717, 1.165) is 6.33 Å². The number of thiol groups is 1. The summed E-state index contributed by atoms with van der Waals surface area (Å²) in [7, 11) is 1.48. The molecule has 3 fully saturated rings. The highest BCUT2D eigenvalue weighted by atomic mass is 32.7. The van der Waals surface area contributed by atoms with Crippen molar-refractivity contribution in [3.8, 4) is 0 Å². The second-order valence-electron chi connectivity index (χ2n) is 9.94. The predicted octanol–water partition coefficient (Wildman–Crippen LogP) is 0.0753. The lowest BCUT2D eigenvalue weighted by Crippen LogP contribution is -2.37. The Labute approximate surface area is 255 Å². The molecule has 236 valence electrons. The molecule has 4 aromatic heterocycles. The summed E-state index contributed by atoms with van der Waals surface area (Å²) in [5.41, 5.74) is 5.69. The number of hydrogen-bond acceptors (Lipinski definition) is 16. The van der Waals surface area contributed by atoms with Crippen LogP contribution in [0.5, 0.6) is 0 Å². The third-order valence-corrected chi connectivity index (χ3v) is 10.3. The number of aliphatic hydroxyl groups excluding tert-OH is 1. The number of hydrogen-bond donors (Lipinski definition) is 4. The molecule has 3 saturated heterocycles. The predicted molar refractivity (Wildman–Crippen MR) is 151 cm³/mol. The van der Waals surface area contributed by atoms with Gasteiger partial charge in [0.05, 0.1) is 25.6 Å². The van der Waals surface area contributed by atoms with Gasteiger partial charge in [0.25, 0.3) is 5.56 Å². The summed E-state index contributed by atoms with van der Waals surface area (Å²) in [6, 6.07) is 0. The quantitative estimate of drug-likeness (QED) is 0.161. The number of fused-ring (bicyclic) bond motifs is 5. The van der Waals surface area contributed by atoms with Crippen molar-refractivity contribution in [2.75, 3.05) is 12.3 Å². The number of imidazole rings is 2. The largest absolute Gasteiger partial charge is 0.386 e. The molecule has 3 aliphatic heterocycles. The Balaban J connectivity index is 1.22. The first-order valence-electron chi connectivity index (χ1n) is 12.6. The smallest absolute Gasteiger partial charge is 0.385 e. The fourth-order valence-corrected chi connectivity index (χ4v) is 8.18. The first-order valence-corrected chi connectivity index (χ1v) is 17.9. The lowest BCUT2D eigenvalue weighted by atomic mass is 10.1. The molecule has 4 N–H and O–H groups in total. The van der Waals surface area contributed by atoms with Gasteiger partial charge in [0.2, 0.25) is 0 Å². The molecular weight excluding hydrogens is 671 g/mol. The van der Waals surface area contributed by atoms with E-state index in [2.05, 4.69) is 37.2 Å². The van der Waals surface area contributed by atoms with E-state index in [9.17, 15) is 19.4 Å². The van der Waals surface area contributed by atoms with Gasteiger partial charge < -0.3 is 29.8 Å².